The van der Waals surface area contributed by atoms with E-state index in [1.165, 1.54) is 43.4 Å². The molecule has 2 heterocycles. The summed E-state index contributed by atoms with van der Waals surface area (Å²) in [5, 5.41) is 4.57. The van der Waals surface area contributed by atoms with Gasteiger partial charge in [0, 0.05) is 44.0 Å². The van der Waals surface area contributed by atoms with E-state index < -0.39 is 0 Å². The number of anilines is 2. The van der Waals surface area contributed by atoms with Crippen molar-refractivity contribution in [1.82, 2.24) is 15.0 Å². The van der Waals surface area contributed by atoms with Crippen LogP contribution in [0.5, 0.6) is 0 Å². The quantitative estimate of drug-likeness (QED) is 0.255. The molecule has 5 rings (SSSR count). The zero-order chi connectivity index (χ0) is 30.2. The van der Waals surface area contributed by atoms with Crippen molar-refractivity contribution in [1.29, 1.82) is 0 Å². The van der Waals surface area contributed by atoms with Crippen molar-refractivity contribution in [2.24, 2.45) is 11.8 Å². The first kappa shape index (κ1) is 33.7. The third kappa shape index (κ3) is 10.4. The predicted molar refractivity (Wildman–Crippen MR) is 175 cm³/mol. The van der Waals surface area contributed by atoms with Crippen molar-refractivity contribution < 1.29 is 4.39 Å². The molecule has 1 N–H and O–H groups in total. The predicted octanol–water partition coefficient (Wildman–Crippen LogP) is 9.44. The van der Waals surface area contributed by atoms with E-state index in [1.807, 2.05) is 60.1 Å². The second-order valence-corrected chi connectivity index (χ2v) is 10.2. The van der Waals surface area contributed by atoms with Crippen LogP contribution in [0.15, 0.2) is 67.0 Å². The minimum Gasteiger partial charge on any atom is -0.362 e. The average molecular weight is 560 g/mol. The molecule has 1 aliphatic rings. The molecule has 6 heteroatoms. The molecule has 0 spiro atoms. The lowest BCUT2D eigenvalue weighted by Crippen LogP contribution is -2.21. The van der Waals surface area contributed by atoms with Gasteiger partial charge in [0.25, 0.3) is 0 Å². The van der Waals surface area contributed by atoms with Gasteiger partial charge < -0.3 is 10.2 Å². The summed E-state index contributed by atoms with van der Waals surface area (Å²) in [6.45, 7) is 13.4. The fourth-order valence-electron chi connectivity index (χ4n) is 4.73. The lowest BCUT2D eigenvalue weighted by atomic mass is 9.83. The van der Waals surface area contributed by atoms with Crippen LogP contribution in [0.2, 0.25) is 0 Å². The molecule has 0 saturated heterocycles. The first-order chi connectivity index (χ1) is 19.9. The highest BCUT2D eigenvalue weighted by atomic mass is 19.1. The highest BCUT2D eigenvalue weighted by Crippen LogP contribution is 2.29. The van der Waals surface area contributed by atoms with Gasteiger partial charge in [0.05, 0.1) is 5.52 Å². The number of fused-ring (bicyclic) bond motifs is 1. The van der Waals surface area contributed by atoms with E-state index in [2.05, 4.69) is 52.2 Å². The molecule has 1 saturated carbocycles. The largest absolute Gasteiger partial charge is 0.362 e. The second kappa shape index (κ2) is 18.0. The highest BCUT2D eigenvalue weighted by Gasteiger charge is 2.18. The van der Waals surface area contributed by atoms with Gasteiger partial charge in [0.15, 0.2) is 0 Å². The number of nitrogens with zero attached hydrogens (tertiary/aromatic N) is 4. The number of halogens is 1. The number of rotatable bonds is 6. The Hall–Kier alpha value is -3.54. The molecule has 2 aromatic heterocycles. The maximum absolute atomic E-state index is 12.7. The number of nitrogens with one attached hydrogen (secondary N) is 1. The molecule has 0 atom stereocenters. The third-order valence-electron chi connectivity index (χ3n) is 7.07. The molecule has 5 nitrogen and oxygen atoms in total. The Kier molecular flexibility index (Phi) is 14.8. The van der Waals surface area contributed by atoms with Crippen LogP contribution in [0.25, 0.3) is 22.0 Å². The average Bonchev–Trinajstić information content (AvgIpc) is 3.03. The zero-order valence-corrected chi connectivity index (χ0v) is 26.4. The first-order valence-corrected chi connectivity index (χ1v) is 15.3. The standard InChI is InChI=1S/C18H26N4.C13H12FN.2C2H6/c1-13-8-10-14(11-9-13)12-19-18-20-16-7-5-4-6-15(16)17(21-18)22(2)3;1-2-10-7-12(9-15-8-10)11-3-5-13(14)6-4-11;2*1-2/h4-7,13-14H,8-12H2,1-3H3,(H,19,20,21);3-9H,2H2,1H3;2*1-2H3. The Labute approximate surface area is 247 Å². The molecule has 2 aromatic carbocycles. The van der Waals surface area contributed by atoms with Gasteiger partial charge in [-0.3, -0.25) is 4.98 Å². The van der Waals surface area contributed by atoms with Gasteiger partial charge in [0.2, 0.25) is 5.95 Å². The van der Waals surface area contributed by atoms with Gasteiger partial charge in [-0.15, -0.1) is 0 Å². The molecule has 0 bridgehead atoms. The minimum atomic E-state index is -0.210. The maximum Gasteiger partial charge on any atom is 0.225 e. The summed E-state index contributed by atoms with van der Waals surface area (Å²) < 4.78 is 12.7. The topological polar surface area (TPSA) is 53.9 Å². The van der Waals surface area contributed by atoms with Gasteiger partial charge in [0.1, 0.15) is 11.6 Å². The van der Waals surface area contributed by atoms with E-state index in [1.54, 1.807) is 18.3 Å². The van der Waals surface area contributed by atoms with E-state index in [9.17, 15) is 4.39 Å². The van der Waals surface area contributed by atoms with Crippen LogP contribution in [-0.4, -0.2) is 35.6 Å². The van der Waals surface area contributed by atoms with Gasteiger partial charge in [-0.05, 0) is 72.6 Å². The fourth-order valence-corrected chi connectivity index (χ4v) is 4.73. The smallest absolute Gasteiger partial charge is 0.225 e. The van der Waals surface area contributed by atoms with Crippen LogP contribution in [0.1, 0.15) is 72.8 Å². The van der Waals surface area contributed by atoms with Crippen LogP contribution in [0, 0.1) is 17.7 Å². The van der Waals surface area contributed by atoms with E-state index in [4.69, 9.17) is 4.98 Å². The number of benzene rings is 2. The van der Waals surface area contributed by atoms with E-state index in [-0.39, 0.29) is 5.82 Å². The molecule has 41 heavy (non-hydrogen) atoms. The summed E-state index contributed by atoms with van der Waals surface area (Å²) in [4.78, 5) is 15.6. The Morgan fingerprint density at radius 2 is 1.51 bits per heavy atom. The van der Waals surface area contributed by atoms with Crippen LogP contribution in [-0.2, 0) is 6.42 Å². The first-order valence-electron chi connectivity index (χ1n) is 15.3. The molecule has 0 amide bonds. The van der Waals surface area contributed by atoms with Crippen molar-refractivity contribution in [2.75, 3.05) is 30.9 Å². The molecule has 1 fully saturated rings. The van der Waals surface area contributed by atoms with E-state index >= 15 is 0 Å². The number of para-hydroxylation sites is 1. The third-order valence-corrected chi connectivity index (χ3v) is 7.07. The van der Waals surface area contributed by atoms with Gasteiger partial charge in [-0.2, -0.15) is 4.98 Å². The number of hydrogen-bond donors (Lipinski definition) is 1. The van der Waals surface area contributed by atoms with Gasteiger partial charge >= 0.3 is 0 Å². The summed E-state index contributed by atoms with van der Waals surface area (Å²) >= 11 is 0. The maximum atomic E-state index is 12.7. The number of aromatic nitrogens is 3. The Bertz CT molecular complexity index is 1280. The van der Waals surface area contributed by atoms with Crippen LogP contribution in [0.4, 0.5) is 16.2 Å². The molecule has 1 aliphatic carbocycles. The fraction of sp³-hybridized carbons (Fsp3) is 0.457. The van der Waals surface area contributed by atoms with Crippen molar-refractivity contribution >= 4 is 22.7 Å². The lowest BCUT2D eigenvalue weighted by Gasteiger charge is -2.26. The summed E-state index contributed by atoms with van der Waals surface area (Å²) in [5.41, 5.74) is 4.23. The van der Waals surface area contributed by atoms with Crippen LogP contribution < -0.4 is 10.2 Å². The summed E-state index contributed by atoms with van der Waals surface area (Å²) in [7, 11) is 4.06. The second-order valence-electron chi connectivity index (χ2n) is 10.2. The molecular weight excluding hydrogens is 509 g/mol. The van der Waals surface area contributed by atoms with E-state index in [0.717, 1.165) is 58.6 Å². The Morgan fingerprint density at radius 3 is 2.15 bits per heavy atom. The number of hydrogen-bond acceptors (Lipinski definition) is 5. The Balaban J connectivity index is 0.000000270. The SMILES string of the molecule is CC.CC.CC1CCC(CNc2nc(N(C)C)c3ccccc3n2)CC1.CCc1cncc(-c2ccc(F)cc2)c1. The Morgan fingerprint density at radius 1 is 0.854 bits per heavy atom. The molecular formula is C35H50FN5. The van der Waals surface area contributed by atoms with Crippen LogP contribution in [0.3, 0.4) is 0 Å². The summed E-state index contributed by atoms with van der Waals surface area (Å²) in [6.07, 6.45) is 9.97. The van der Waals surface area contributed by atoms with Crippen molar-refractivity contribution in [3.63, 3.8) is 0 Å². The van der Waals surface area contributed by atoms with Crippen LogP contribution >= 0.6 is 0 Å². The zero-order valence-electron chi connectivity index (χ0n) is 26.4. The van der Waals surface area contributed by atoms with Crippen molar-refractivity contribution in [3.05, 3.63) is 78.4 Å². The van der Waals surface area contributed by atoms with Gasteiger partial charge in [-0.25, -0.2) is 9.37 Å². The lowest BCUT2D eigenvalue weighted by molar-refractivity contribution is 0.300. The van der Waals surface area contributed by atoms with Crippen molar-refractivity contribution in [2.45, 2.75) is 73.6 Å². The highest BCUT2D eigenvalue weighted by molar-refractivity contribution is 5.90. The molecule has 0 aliphatic heterocycles. The minimum absolute atomic E-state index is 0.210. The number of aryl methyl sites for hydroxylation is 1. The molecule has 4 aromatic rings. The molecule has 222 valence electrons. The summed E-state index contributed by atoms with van der Waals surface area (Å²) in [6, 6.07) is 16.8. The number of pyridine rings is 1. The van der Waals surface area contributed by atoms with Gasteiger partial charge in [-0.1, -0.05) is 78.6 Å². The van der Waals surface area contributed by atoms with Crippen molar-refractivity contribution in [3.8, 4) is 11.1 Å². The summed E-state index contributed by atoms with van der Waals surface area (Å²) in [5.74, 6) is 3.17. The van der Waals surface area contributed by atoms with E-state index in [0.29, 0.717) is 0 Å². The normalized spacial score (nSPS) is 15.7. The molecule has 0 unspecified atom stereocenters. The molecule has 0 radical (unpaired) electrons. The monoisotopic (exact) mass is 559 g/mol.